The fourth-order valence-electron chi connectivity index (χ4n) is 2.43. The number of nitrogens with one attached hydrogen (secondary N) is 2. The van der Waals surface area contributed by atoms with Crippen molar-refractivity contribution >= 4 is 46.5 Å². The van der Waals surface area contributed by atoms with Crippen molar-refractivity contribution in [1.82, 2.24) is 14.7 Å². The van der Waals surface area contributed by atoms with E-state index in [0.29, 0.717) is 16.4 Å². The predicted octanol–water partition coefficient (Wildman–Crippen LogP) is 3.50. The lowest BCUT2D eigenvalue weighted by molar-refractivity contribution is -0.120. The van der Waals surface area contributed by atoms with Gasteiger partial charge in [0.05, 0.1) is 28.3 Å². The van der Waals surface area contributed by atoms with Crippen LogP contribution in [0.1, 0.15) is 12.6 Å². The average molecular weight is 421 g/mol. The molecule has 0 aliphatic carbocycles. The lowest BCUT2D eigenvalue weighted by Crippen LogP contribution is -2.31. The van der Waals surface area contributed by atoms with Crippen LogP contribution in [0.5, 0.6) is 0 Å². The number of thioether (sulfide) groups is 1. The van der Waals surface area contributed by atoms with E-state index in [0.717, 1.165) is 5.65 Å². The second kappa shape index (κ2) is 9.07. The molecule has 2 amide bonds. The summed E-state index contributed by atoms with van der Waals surface area (Å²) >= 11 is 7.16. The molecule has 2 aromatic heterocycles. The number of anilines is 1. The fraction of sp³-hybridized carbons (Fsp3) is 0.211. The molecule has 28 heavy (non-hydrogen) atoms. The van der Waals surface area contributed by atoms with Gasteiger partial charge in [0.1, 0.15) is 11.5 Å². The largest absolute Gasteiger partial charge is 0.349 e. The Morgan fingerprint density at radius 1 is 1.21 bits per heavy atom. The Balaban J connectivity index is 1.44. The Hall–Kier alpha value is -2.58. The summed E-state index contributed by atoms with van der Waals surface area (Å²) in [6.07, 6.45) is 3.54. The smallest absolute Gasteiger partial charge is 0.234 e. The maximum absolute atomic E-state index is 12.9. The van der Waals surface area contributed by atoms with E-state index < -0.39 is 5.25 Å². The number of aromatic nitrogens is 2. The first kappa shape index (κ1) is 20.2. The molecule has 0 saturated carbocycles. The Kier molecular flexibility index (Phi) is 6.53. The summed E-state index contributed by atoms with van der Waals surface area (Å²) in [6.45, 7) is 2.01. The average Bonchev–Trinajstić information content (AvgIpc) is 3.08. The number of amides is 2. The van der Waals surface area contributed by atoms with E-state index in [1.165, 1.54) is 36.0 Å². The molecule has 0 aliphatic rings. The van der Waals surface area contributed by atoms with E-state index in [4.69, 9.17) is 11.6 Å². The zero-order chi connectivity index (χ0) is 20.1. The topological polar surface area (TPSA) is 75.5 Å². The van der Waals surface area contributed by atoms with Gasteiger partial charge in [0.2, 0.25) is 11.8 Å². The summed E-state index contributed by atoms with van der Waals surface area (Å²) in [5.74, 6) is -0.701. The Bertz CT molecular complexity index is 993. The fourth-order valence-corrected chi connectivity index (χ4v) is 3.31. The number of fused-ring (bicyclic) bond motifs is 1. The van der Waals surface area contributed by atoms with Crippen molar-refractivity contribution in [2.75, 3.05) is 11.1 Å². The molecule has 2 heterocycles. The molecule has 1 unspecified atom stereocenters. The van der Waals surface area contributed by atoms with E-state index in [-0.39, 0.29) is 29.9 Å². The van der Waals surface area contributed by atoms with Gasteiger partial charge in [0.25, 0.3) is 0 Å². The van der Waals surface area contributed by atoms with Crippen LogP contribution in [-0.2, 0) is 16.1 Å². The van der Waals surface area contributed by atoms with Crippen LogP contribution >= 0.6 is 23.4 Å². The number of carbonyl (C=O) groups is 2. The first-order valence-electron chi connectivity index (χ1n) is 8.48. The zero-order valence-electron chi connectivity index (χ0n) is 15.0. The van der Waals surface area contributed by atoms with Crippen molar-refractivity contribution in [2.24, 2.45) is 0 Å². The zero-order valence-corrected chi connectivity index (χ0v) is 16.6. The van der Waals surface area contributed by atoms with Gasteiger partial charge >= 0.3 is 0 Å². The molecule has 2 N–H and O–H groups in total. The molecule has 6 nitrogen and oxygen atoms in total. The van der Waals surface area contributed by atoms with E-state index in [2.05, 4.69) is 15.6 Å². The summed E-state index contributed by atoms with van der Waals surface area (Å²) in [4.78, 5) is 28.6. The van der Waals surface area contributed by atoms with Crippen LogP contribution in [0.4, 0.5) is 10.1 Å². The summed E-state index contributed by atoms with van der Waals surface area (Å²) < 4.78 is 14.7. The summed E-state index contributed by atoms with van der Waals surface area (Å²) in [6, 6.07) is 9.05. The van der Waals surface area contributed by atoms with E-state index in [1.54, 1.807) is 35.9 Å². The normalized spacial score (nSPS) is 12.0. The first-order chi connectivity index (χ1) is 13.4. The van der Waals surface area contributed by atoms with Crippen molar-refractivity contribution in [3.63, 3.8) is 0 Å². The van der Waals surface area contributed by atoms with Gasteiger partial charge in [-0.1, -0.05) is 11.6 Å². The molecule has 3 aromatic rings. The Morgan fingerprint density at radius 2 is 1.96 bits per heavy atom. The minimum absolute atomic E-state index is 0.110. The monoisotopic (exact) mass is 420 g/mol. The highest BCUT2D eigenvalue weighted by atomic mass is 35.5. The van der Waals surface area contributed by atoms with Crippen LogP contribution in [0.15, 0.2) is 48.8 Å². The van der Waals surface area contributed by atoms with Gasteiger partial charge in [-0.3, -0.25) is 9.59 Å². The van der Waals surface area contributed by atoms with Crippen LogP contribution in [-0.4, -0.2) is 32.2 Å². The number of hydrogen-bond donors (Lipinski definition) is 2. The molecule has 0 radical (unpaired) electrons. The quantitative estimate of drug-likeness (QED) is 0.613. The molecular formula is C19H18ClFN4O2S. The SMILES string of the molecule is CC(SCC(=O)Nc1ccc(F)cc1)C(=O)NCc1cn2cc(Cl)ccc2n1. The Morgan fingerprint density at radius 3 is 2.71 bits per heavy atom. The number of benzene rings is 1. The van der Waals surface area contributed by atoms with Crippen LogP contribution in [0.3, 0.4) is 0 Å². The summed E-state index contributed by atoms with van der Waals surface area (Å²) in [7, 11) is 0. The third kappa shape index (κ3) is 5.46. The highest BCUT2D eigenvalue weighted by Gasteiger charge is 2.15. The lowest BCUT2D eigenvalue weighted by Gasteiger charge is -2.11. The second-order valence-electron chi connectivity index (χ2n) is 6.07. The number of hydrogen-bond acceptors (Lipinski definition) is 4. The molecule has 9 heteroatoms. The molecule has 146 valence electrons. The van der Waals surface area contributed by atoms with Gasteiger partial charge in [-0.05, 0) is 43.3 Å². The maximum Gasteiger partial charge on any atom is 0.234 e. The number of rotatable bonds is 7. The third-order valence-corrected chi connectivity index (χ3v) is 5.24. The van der Waals surface area contributed by atoms with Gasteiger partial charge in [0.15, 0.2) is 0 Å². The number of imidazole rings is 1. The number of pyridine rings is 1. The second-order valence-corrected chi connectivity index (χ2v) is 7.84. The molecule has 3 rings (SSSR count). The minimum Gasteiger partial charge on any atom is -0.349 e. The number of nitrogens with zero attached hydrogens (tertiary/aromatic N) is 2. The molecular weight excluding hydrogens is 403 g/mol. The Labute approximate surface area is 170 Å². The van der Waals surface area contributed by atoms with Gasteiger partial charge in [-0.2, -0.15) is 0 Å². The summed E-state index contributed by atoms with van der Waals surface area (Å²) in [5.41, 5.74) is 1.96. The predicted molar refractivity (Wildman–Crippen MR) is 109 cm³/mol. The van der Waals surface area contributed by atoms with Crippen molar-refractivity contribution < 1.29 is 14.0 Å². The molecule has 1 atom stereocenters. The first-order valence-corrected chi connectivity index (χ1v) is 9.91. The van der Waals surface area contributed by atoms with Gasteiger partial charge in [-0.25, -0.2) is 9.37 Å². The van der Waals surface area contributed by atoms with Crippen molar-refractivity contribution in [2.45, 2.75) is 18.7 Å². The highest BCUT2D eigenvalue weighted by molar-refractivity contribution is 8.01. The molecule has 0 aliphatic heterocycles. The maximum atomic E-state index is 12.9. The van der Waals surface area contributed by atoms with Crippen molar-refractivity contribution in [3.05, 3.63) is 65.3 Å². The van der Waals surface area contributed by atoms with E-state index >= 15 is 0 Å². The van der Waals surface area contributed by atoms with Gasteiger partial charge < -0.3 is 15.0 Å². The molecule has 0 fully saturated rings. The minimum atomic E-state index is -0.412. The van der Waals surface area contributed by atoms with E-state index in [9.17, 15) is 14.0 Å². The molecule has 0 saturated heterocycles. The van der Waals surface area contributed by atoms with Gasteiger partial charge in [0, 0.05) is 18.1 Å². The molecule has 0 spiro atoms. The van der Waals surface area contributed by atoms with Crippen molar-refractivity contribution in [1.29, 1.82) is 0 Å². The lowest BCUT2D eigenvalue weighted by atomic mass is 10.3. The standard InChI is InChI=1S/C19H18ClFN4O2S/c1-12(28-11-18(26)24-15-5-3-14(21)4-6-15)19(27)22-8-16-10-25-9-13(20)2-7-17(25)23-16/h2-7,9-10,12H,8,11H2,1H3,(H,22,27)(H,24,26). The van der Waals surface area contributed by atoms with E-state index in [1.807, 2.05) is 0 Å². The van der Waals surface area contributed by atoms with Crippen LogP contribution in [0.25, 0.3) is 5.65 Å². The molecule has 0 bridgehead atoms. The summed E-state index contributed by atoms with van der Waals surface area (Å²) in [5, 5.41) is 5.66. The van der Waals surface area contributed by atoms with Crippen LogP contribution < -0.4 is 10.6 Å². The number of carbonyl (C=O) groups excluding carboxylic acids is 2. The van der Waals surface area contributed by atoms with Crippen molar-refractivity contribution in [3.8, 4) is 0 Å². The molecule has 1 aromatic carbocycles. The third-order valence-electron chi connectivity index (χ3n) is 3.87. The van der Waals surface area contributed by atoms with Gasteiger partial charge in [-0.15, -0.1) is 11.8 Å². The highest BCUT2D eigenvalue weighted by Crippen LogP contribution is 2.14. The number of halogens is 2. The van der Waals surface area contributed by atoms with Crippen LogP contribution in [0, 0.1) is 5.82 Å². The van der Waals surface area contributed by atoms with Crippen LogP contribution in [0.2, 0.25) is 5.02 Å².